The summed E-state index contributed by atoms with van der Waals surface area (Å²) < 4.78 is 19.3. The fourth-order valence-electron chi connectivity index (χ4n) is 2.00. The molecule has 0 aliphatic heterocycles. The standard InChI is InChI=1S/C17H19ClFNO/c1-3-10-21-15-7-4-13(5-8-15)12(2)20-17-11-14(18)6-9-16(17)19/h4-9,11-12,20H,3,10H2,1-2H3. The largest absolute Gasteiger partial charge is 0.494 e. The van der Waals surface area contributed by atoms with E-state index in [4.69, 9.17) is 16.3 Å². The number of rotatable bonds is 6. The predicted octanol–water partition coefficient (Wildman–Crippen LogP) is 5.44. The average molecular weight is 308 g/mol. The Balaban J connectivity index is 2.05. The molecule has 2 nitrogen and oxygen atoms in total. The smallest absolute Gasteiger partial charge is 0.146 e. The maximum atomic E-state index is 13.7. The van der Waals surface area contributed by atoms with Crippen molar-refractivity contribution >= 4 is 17.3 Å². The minimum atomic E-state index is -0.311. The van der Waals surface area contributed by atoms with Gasteiger partial charge in [0.2, 0.25) is 0 Å². The van der Waals surface area contributed by atoms with E-state index in [0.29, 0.717) is 17.3 Å². The quantitative estimate of drug-likeness (QED) is 0.767. The van der Waals surface area contributed by atoms with Gasteiger partial charge in [0, 0.05) is 11.1 Å². The highest BCUT2D eigenvalue weighted by atomic mass is 35.5. The molecule has 2 rings (SSSR count). The molecule has 2 aromatic rings. The number of ether oxygens (including phenoxy) is 1. The minimum Gasteiger partial charge on any atom is -0.494 e. The molecule has 1 unspecified atom stereocenters. The number of nitrogens with one attached hydrogen (secondary N) is 1. The molecule has 0 heterocycles. The van der Waals surface area contributed by atoms with Crippen LogP contribution in [-0.2, 0) is 0 Å². The van der Waals surface area contributed by atoms with E-state index in [1.165, 1.54) is 12.1 Å². The van der Waals surface area contributed by atoms with Gasteiger partial charge in [-0.3, -0.25) is 0 Å². The third kappa shape index (κ3) is 4.36. The van der Waals surface area contributed by atoms with Gasteiger partial charge in [0.15, 0.2) is 0 Å². The van der Waals surface area contributed by atoms with Crippen LogP contribution in [0.5, 0.6) is 5.75 Å². The summed E-state index contributed by atoms with van der Waals surface area (Å²) in [6.45, 7) is 4.75. The first-order valence-corrected chi connectivity index (χ1v) is 7.42. The van der Waals surface area contributed by atoms with Crippen LogP contribution < -0.4 is 10.1 Å². The van der Waals surface area contributed by atoms with Crippen molar-refractivity contribution in [1.82, 2.24) is 0 Å². The highest BCUT2D eigenvalue weighted by Crippen LogP contribution is 2.25. The minimum absolute atomic E-state index is 0.0295. The van der Waals surface area contributed by atoms with Crippen molar-refractivity contribution in [3.05, 3.63) is 58.9 Å². The molecule has 21 heavy (non-hydrogen) atoms. The van der Waals surface area contributed by atoms with E-state index in [1.807, 2.05) is 31.2 Å². The molecule has 0 bridgehead atoms. The molecule has 0 fully saturated rings. The van der Waals surface area contributed by atoms with Gasteiger partial charge in [0.05, 0.1) is 12.3 Å². The molecular weight excluding hydrogens is 289 g/mol. The van der Waals surface area contributed by atoms with Gasteiger partial charge in [0.1, 0.15) is 11.6 Å². The first-order chi connectivity index (χ1) is 10.1. The Morgan fingerprint density at radius 1 is 1.19 bits per heavy atom. The molecule has 0 spiro atoms. The van der Waals surface area contributed by atoms with Crippen LogP contribution in [0.25, 0.3) is 0 Å². The van der Waals surface area contributed by atoms with Crippen LogP contribution >= 0.6 is 11.6 Å². The lowest BCUT2D eigenvalue weighted by Gasteiger charge is -2.17. The Morgan fingerprint density at radius 2 is 1.90 bits per heavy atom. The number of hydrogen-bond donors (Lipinski definition) is 1. The van der Waals surface area contributed by atoms with Crippen LogP contribution in [0.15, 0.2) is 42.5 Å². The monoisotopic (exact) mass is 307 g/mol. The summed E-state index contributed by atoms with van der Waals surface area (Å²) in [7, 11) is 0. The number of benzene rings is 2. The van der Waals surface area contributed by atoms with Crippen molar-refractivity contribution in [1.29, 1.82) is 0 Å². The van der Waals surface area contributed by atoms with E-state index >= 15 is 0 Å². The fourth-order valence-corrected chi connectivity index (χ4v) is 2.17. The van der Waals surface area contributed by atoms with E-state index in [9.17, 15) is 4.39 Å². The lowest BCUT2D eigenvalue weighted by molar-refractivity contribution is 0.317. The third-order valence-corrected chi connectivity index (χ3v) is 3.39. The molecule has 1 atom stereocenters. The number of anilines is 1. The second-order valence-corrected chi connectivity index (χ2v) is 5.34. The highest BCUT2D eigenvalue weighted by Gasteiger charge is 2.09. The zero-order valence-electron chi connectivity index (χ0n) is 12.2. The van der Waals surface area contributed by atoms with Crippen molar-refractivity contribution in [3.63, 3.8) is 0 Å². The Labute approximate surface area is 129 Å². The van der Waals surface area contributed by atoms with Crippen LogP contribution in [-0.4, -0.2) is 6.61 Å². The van der Waals surface area contributed by atoms with Crippen LogP contribution in [0, 0.1) is 5.82 Å². The fraction of sp³-hybridized carbons (Fsp3) is 0.294. The Kier molecular flexibility index (Phi) is 5.45. The van der Waals surface area contributed by atoms with Gasteiger partial charge < -0.3 is 10.1 Å². The molecule has 0 saturated carbocycles. The molecular formula is C17H19ClFNO. The second kappa shape index (κ2) is 7.32. The molecule has 0 saturated heterocycles. The zero-order chi connectivity index (χ0) is 15.2. The average Bonchev–Trinajstić information content (AvgIpc) is 2.49. The van der Waals surface area contributed by atoms with E-state index in [-0.39, 0.29) is 11.9 Å². The SMILES string of the molecule is CCCOc1ccc(C(C)Nc2cc(Cl)ccc2F)cc1. The molecule has 0 aliphatic rings. The zero-order valence-corrected chi connectivity index (χ0v) is 13.0. The number of hydrogen-bond acceptors (Lipinski definition) is 2. The van der Waals surface area contributed by atoms with Crippen LogP contribution in [0.4, 0.5) is 10.1 Å². The molecule has 1 N–H and O–H groups in total. The Bertz CT molecular complexity index is 586. The van der Waals surface area contributed by atoms with Crippen molar-refractivity contribution < 1.29 is 9.13 Å². The van der Waals surface area contributed by atoms with E-state index in [1.54, 1.807) is 6.07 Å². The van der Waals surface area contributed by atoms with Gasteiger partial charge in [-0.15, -0.1) is 0 Å². The summed E-state index contributed by atoms with van der Waals surface area (Å²) in [5.74, 6) is 0.538. The molecule has 4 heteroatoms. The molecule has 0 amide bonds. The lowest BCUT2D eigenvalue weighted by Crippen LogP contribution is -2.08. The van der Waals surface area contributed by atoms with Gasteiger partial charge in [-0.25, -0.2) is 4.39 Å². The molecule has 0 radical (unpaired) electrons. The van der Waals surface area contributed by atoms with Crippen molar-refractivity contribution in [2.45, 2.75) is 26.3 Å². The van der Waals surface area contributed by atoms with Gasteiger partial charge in [-0.1, -0.05) is 30.7 Å². The highest BCUT2D eigenvalue weighted by molar-refractivity contribution is 6.30. The van der Waals surface area contributed by atoms with Gasteiger partial charge >= 0.3 is 0 Å². The van der Waals surface area contributed by atoms with Crippen LogP contribution in [0.3, 0.4) is 0 Å². The third-order valence-electron chi connectivity index (χ3n) is 3.15. The van der Waals surface area contributed by atoms with Crippen LogP contribution in [0.1, 0.15) is 31.9 Å². The summed E-state index contributed by atoms with van der Waals surface area (Å²) in [4.78, 5) is 0. The van der Waals surface area contributed by atoms with Gasteiger partial charge in [-0.05, 0) is 49.2 Å². The van der Waals surface area contributed by atoms with E-state index in [2.05, 4.69) is 12.2 Å². The molecule has 0 aliphatic carbocycles. The summed E-state index contributed by atoms with van der Waals surface area (Å²) in [5.41, 5.74) is 1.46. The normalized spacial score (nSPS) is 12.0. The second-order valence-electron chi connectivity index (χ2n) is 4.91. The number of halogens is 2. The van der Waals surface area contributed by atoms with Crippen molar-refractivity contribution in [2.75, 3.05) is 11.9 Å². The van der Waals surface area contributed by atoms with Gasteiger partial charge in [-0.2, -0.15) is 0 Å². The van der Waals surface area contributed by atoms with Crippen LogP contribution in [0.2, 0.25) is 5.02 Å². The topological polar surface area (TPSA) is 21.3 Å². The molecule has 0 aromatic heterocycles. The summed E-state index contributed by atoms with van der Waals surface area (Å²) >= 11 is 5.89. The van der Waals surface area contributed by atoms with E-state index < -0.39 is 0 Å². The first-order valence-electron chi connectivity index (χ1n) is 7.04. The first kappa shape index (κ1) is 15.6. The molecule has 2 aromatic carbocycles. The maximum absolute atomic E-state index is 13.7. The molecule has 112 valence electrons. The predicted molar refractivity (Wildman–Crippen MR) is 85.7 cm³/mol. The summed E-state index contributed by atoms with van der Waals surface area (Å²) in [5, 5.41) is 3.64. The van der Waals surface area contributed by atoms with Crippen molar-refractivity contribution in [3.8, 4) is 5.75 Å². The summed E-state index contributed by atoms with van der Waals surface area (Å²) in [6, 6.07) is 12.3. The lowest BCUT2D eigenvalue weighted by atomic mass is 10.1. The summed E-state index contributed by atoms with van der Waals surface area (Å²) in [6.07, 6.45) is 0.980. The van der Waals surface area contributed by atoms with Gasteiger partial charge in [0.25, 0.3) is 0 Å². The Hall–Kier alpha value is -1.74. The Morgan fingerprint density at radius 3 is 2.57 bits per heavy atom. The van der Waals surface area contributed by atoms with E-state index in [0.717, 1.165) is 17.7 Å². The maximum Gasteiger partial charge on any atom is 0.146 e. The van der Waals surface area contributed by atoms with Crippen molar-refractivity contribution in [2.24, 2.45) is 0 Å².